The molecule has 1 aliphatic rings. The zero-order valence-corrected chi connectivity index (χ0v) is 16.2. The maximum atomic E-state index is 11.4. The Labute approximate surface area is 172 Å². The average Bonchev–Trinajstić information content (AvgIpc) is 2.70. The lowest BCUT2D eigenvalue weighted by Crippen LogP contribution is -2.25. The molecule has 0 saturated heterocycles. The molecule has 0 unspecified atom stereocenters. The molecule has 0 aliphatic carbocycles. The quantitative estimate of drug-likeness (QED) is 0.461. The largest absolute Gasteiger partial charge is 0.482 e. The van der Waals surface area contributed by atoms with Crippen molar-refractivity contribution in [2.24, 2.45) is 0 Å². The summed E-state index contributed by atoms with van der Waals surface area (Å²) in [4.78, 5) is 19.9. The first kappa shape index (κ1) is 18.8. The number of aromatic nitrogens is 2. The monoisotopic (exact) mass is 410 g/mol. The minimum absolute atomic E-state index is 0.0446. The van der Waals surface area contributed by atoms with Gasteiger partial charge in [0, 0.05) is 35.4 Å². The van der Waals surface area contributed by atoms with Gasteiger partial charge in [0.2, 0.25) is 5.95 Å². The van der Waals surface area contributed by atoms with Crippen molar-refractivity contribution in [2.45, 2.75) is 0 Å². The van der Waals surface area contributed by atoms with E-state index in [1.165, 1.54) is 0 Å². The molecule has 0 spiro atoms. The number of nitrogens with one attached hydrogen (secondary N) is 3. The van der Waals surface area contributed by atoms with Crippen LogP contribution in [0, 0.1) is 0 Å². The van der Waals surface area contributed by atoms with Crippen molar-refractivity contribution in [1.29, 1.82) is 0 Å². The van der Waals surface area contributed by atoms with Crippen molar-refractivity contribution in [1.82, 2.24) is 9.97 Å². The lowest BCUT2D eigenvalue weighted by molar-refractivity contribution is -0.118. The Kier molecular flexibility index (Phi) is 5.35. The van der Waals surface area contributed by atoms with Crippen molar-refractivity contribution in [2.75, 3.05) is 41.4 Å². The van der Waals surface area contributed by atoms with E-state index in [1.807, 2.05) is 42.5 Å². The van der Waals surface area contributed by atoms with Crippen LogP contribution in [0.25, 0.3) is 11.3 Å². The van der Waals surface area contributed by atoms with Crippen LogP contribution in [0.2, 0.25) is 5.02 Å². The smallest absolute Gasteiger partial charge is 0.262 e. The molecule has 5 N–H and O–H groups in total. The standard InChI is InChI=1S/C20H19ClN6O2/c21-13-3-1-2-12(8-13)15-10-18(27-20(22)26-15)24-7-6-23-14-4-5-17-16(9-14)25-19(28)11-29-17/h1-5,8-10,23H,6-7,11H2,(H,25,28)(H3,22,24,26,27). The molecule has 0 atom stereocenters. The number of fused-ring (bicyclic) bond motifs is 1. The number of halogens is 1. The first-order chi connectivity index (χ1) is 14.1. The number of amides is 1. The van der Waals surface area contributed by atoms with Crippen LogP contribution in [-0.2, 0) is 4.79 Å². The number of nitrogens with two attached hydrogens (primary N) is 1. The van der Waals surface area contributed by atoms with Gasteiger partial charge in [-0.05, 0) is 30.3 Å². The molecule has 0 saturated carbocycles. The summed E-state index contributed by atoms with van der Waals surface area (Å²) in [6.07, 6.45) is 0. The van der Waals surface area contributed by atoms with Gasteiger partial charge in [-0.15, -0.1) is 0 Å². The van der Waals surface area contributed by atoms with E-state index >= 15 is 0 Å². The number of ether oxygens (including phenoxy) is 1. The van der Waals surface area contributed by atoms with Crippen LogP contribution in [0.5, 0.6) is 5.75 Å². The predicted octanol–water partition coefficient (Wildman–Crippen LogP) is 3.23. The highest BCUT2D eigenvalue weighted by Crippen LogP contribution is 2.30. The summed E-state index contributed by atoms with van der Waals surface area (Å²) in [5.41, 5.74) is 8.95. The van der Waals surface area contributed by atoms with Crippen molar-refractivity contribution in [3.05, 3.63) is 53.6 Å². The fraction of sp³-hybridized carbons (Fsp3) is 0.150. The van der Waals surface area contributed by atoms with Gasteiger partial charge >= 0.3 is 0 Å². The molecule has 0 bridgehead atoms. The fourth-order valence-electron chi connectivity index (χ4n) is 2.94. The van der Waals surface area contributed by atoms with Gasteiger partial charge in [-0.2, -0.15) is 4.98 Å². The van der Waals surface area contributed by atoms with Gasteiger partial charge in [-0.1, -0.05) is 23.7 Å². The average molecular weight is 411 g/mol. The van der Waals surface area contributed by atoms with E-state index in [2.05, 4.69) is 25.9 Å². The highest BCUT2D eigenvalue weighted by atomic mass is 35.5. The Morgan fingerprint density at radius 1 is 1.10 bits per heavy atom. The highest BCUT2D eigenvalue weighted by Gasteiger charge is 2.15. The fourth-order valence-corrected chi connectivity index (χ4v) is 3.13. The van der Waals surface area contributed by atoms with Gasteiger partial charge in [0.15, 0.2) is 6.61 Å². The zero-order chi connectivity index (χ0) is 20.2. The molecule has 1 aromatic heterocycles. The SMILES string of the molecule is Nc1nc(NCCNc2ccc3c(c2)NC(=O)CO3)cc(-c2cccc(Cl)c2)n1. The number of hydrogen-bond acceptors (Lipinski definition) is 7. The first-order valence-electron chi connectivity index (χ1n) is 9.02. The first-order valence-corrected chi connectivity index (χ1v) is 9.39. The van der Waals surface area contributed by atoms with Gasteiger partial charge in [0.05, 0.1) is 11.4 Å². The number of hydrogen-bond donors (Lipinski definition) is 4. The van der Waals surface area contributed by atoms with E-state index in [0.29, 0.717) is 41.1 Å². The molecular weight excluding hydrogens is 392 g/mol. The van der Waals surface area contributed by atoms with E-state index < -0.39 is 0 Å². The Hall–Kier alpha value is -3.52. The molecule has 1 aliphatic heterocycles. The lowest BCUT2D eigenvalue weighted by Gasteiger charge is -2.19. The van der Waals surface area contributed by atoms with Crippen molar-refractivity contribution in [3.8, 4) is 17.0 Å². The summed E-state index contributed by atoms with van der Waals surface area (Å²) in [7, 11) is 0. The van der Waals surface area contributed by atoms with Crippen LogP contribution in [0.3, 0.4) is 0 Å². The van der Waals surface area contributed by atoms with Gasteiger partial charge < -0.3 is 26.4 Å². The molecule has 0 radical (unpaired) electrons. The Bertz CT molecular complexity index is 1060. The molecule has 9 heteroatoms. The van der Waals surface area contributed by atoms with Gasteiger partial charge in [0.25, 0.3) is 5.91 Å². The predicted molar refractivity (Wildman–Crippen MR) is 114 cm³/mol. The summed E-state index contributed by atoms with van der Waals surface area (Å²) in [6.45, 7) is 1.28. The number of nitrogen functional groups attached to an aromatic ring is 1. The van der Waals surface area contributed by atoms with E-state index in [9.17, 15) is 4.79 Å². The molecule has 1 amide bonds. The van der Waals surface area contributed by atoms with Crippen LogP contribution in [0.4, 0.5) is 23.1 Å². The van der Waals surface area contributed by atoms with Crippen LogP contribution < -0.4 is 26.4 Å². The number of benzene rings is 2. The van der Waals surface area contributed by atoms with E-state index in [4.69, 9.17) is 22.1 Å². The van der Waals surface area contributed by atoms with Crippen molar-refractivity contribution in [3.63, 3.8) is 0 Å². The summed E-state index contributed by atoms with van der Waals surface area (Å²) >= 11 is 6.06. The van der Waals surface area contributed by atoms with Crippen LogP contribution in [0.15, 0.2) is 48.5 Å². The number of rotatable bonds is 6. The molecule has 29 heavy (non-hydrogen) atoms. The second-order valence-electron chi connectivity index (χ2n) is 6.41. The highest BCUT2D eigenvalue weighted by molar-refractivity contribution is 6.30. The van der Waals surface area contributed by atoms with E-state index in [0.717, 1.165) is 11.3 Å². The summed E-state index contributed by atoms with van der Waals surface area (Å²) in [5.74, 6) is 1.31. The van der Waals surface area contributed by atoms with E-state index in [1.54, 1.807) is 6.07 Å². The lowest BCUT2D eigenvalue weighted by atomic mass is 10.1. The Morgan fingerprint density at radius 2 is 1.97 bits per heavy atom. The van der Waals surface area contributed by atoms with E-state index in [-0.39, 0.29) is 18.5 Å². The molecular formula is C20H19ClN6O2. The summed E-state index contributed by atoms with van der Waals surface area (Å²) < 4.78 is 5.35. The Balaban J connectivity index is 1.36. The van der Waals surface area contributed by atoms with Gasteiger partial charge in [-0.25, -0.2) is 4.98 Å². The second kappa shape index (κ2) is 8.24. The third kappa shape index (κ3) is 4.67. The maximum absolute atomic E-state index is 11.4. The molecule has 3 aromatic rings. The molecule has 2 heterocycles. The number of carbonyl (C=O) groups excluding carboxylic acids is 1. The Morgan fingerprint density at radius 3 is 2.83 bits per heavy atom. The third-order valence-corrected chi connectivity index (χ3v) is 4.47. The van der Waals surface area contributed by atoms with Crippen LogP contribution >= 0.6 is 11.6 Å². The zero-order valence-electron chi connectivity index (χ0n) is 15.4. The third-order valence-electron chi connectivity index (χ3n) is 4.24. The second-order valence-corrected chi connectivity index (χ2v) is 6.84. The van der Waals surface area contributed by atoms with Gasteiger partial charge in [-0.3, -0.25) is 4.79 Å². The van der Waals surface area contributed by atoms with Crippen molar-refractivity contribution >= 4 is 40.6 Å². The van der Waals surface area contributed by atoms with Gasteiger partial charge in [0.1, 0.15) is 11.6 Å². The topological polar surface area (TPSA) is 114 Å². The number of anilines is 4. The summed E-state index contributed by atoms with van der Waals surface area (Å²) in [5, 5.41) is 9.93. The van der Waals surface area contributed by atoms with Crippen LogP contribution in [0.1, 0.15) is 0 Å². The molecule has 8 nitrogen and oxygen atoms in total. The molecule has 2 aromatic carbocycles. The molecule has 0 fully saturated rings. The number of carbonyl (C=O) groups is 1. The van der Waals surface area contributed by atoms with Crippen LogP contribution in [-0.4, -0.2) is 35.6 Å². The normalized spacial score (nSPS) is 12.5. The summed E-state index contributed by atoms with van der Waals surface area (Å²) in [6, 6.07) is 14.8. The van der Waals surface area contributed by atoms with Crippen molar-refractivity contribution < 1.29 is 9.53 Å². The molecule has 4 rings (SSSR count). The minimum Gasteiger partial charge on any atom is -0.482 e. The number of nitrogens with zero attached hydrogens (tertiary/aromatic N) is 2. The maximum Gasteiger partial charge on any atom is 0.262 e. The minimum atomic E-state index is -0.159. The molecule has 148 valence electrons.